The van der Waals surface area contributed by atoms with E-state index in [0.717, 1.165) is 23.5 Å². The van der Waals surface area contributed by atoms with Crippen LogP contribution in [-0.2, 0) is 22.4 Å². The highest BCUT2D eigenvalue weighted by Crippen LogP contribution is 2.13. The maximum Gasteiger partial charge on any atom is 0.228 e. The summed E-state index contributed by atoms with van der Waals surface area (Å²) in [5.41, 5.74) is 6.32. The van der Waals surface area contributed by atoms with Gasteiger partial charge in [0.1, 0.15) is 0 Å². The minimum Gasteiger partial charge on any atom is -0.339 e. The van der Waals surface area contributed by atoms with Crippen molar-refractivity contribution in [2.45, 2.75) is 26.2 Å². The van der Waals surface area contributed by atoms with Crippen LogP contribution in [0.2, 0.25) is 0 Å². The molecule has 0 atom stereocenters. The lowest BCUT2D eigenvalue weighted by Crippen LogP contribution is -2.50. The first-order valence-corrected chi connectivity index (χ1v) is 8.14. The van der Waals surface area contributed by atoms with Crippen molar-refractivity contribution in [3.63, 3.8) is 0 Å². The number of piperazine rings is 1. The molecule has 2 amide bonds. The number of hydrogen-bond acceptors (Lipinski definition) is 5. The van der Waals surface area contributed by atoms with Gasteiger partial charge in [0.05, 0.1) is 17.1 Å². The third-order valence-corrected chi connectivity index (χ3v) is 4.56. The summed E-state index contributed by atoms with van der Waals surface area (Å²) < 4.78 is 0. The first-order chi connectivity index (χ1) is 10.1. The SMILES string of the molecule is CC(=O)N1CCN(C(=O)Cc2csc(CCCN)n2)CC1. The lowest BCUT2D eigenvalue weighted by Gasteiger charge is -2.34. The molecule has 2 rings (SSSR count). The number of nitrogens with zero attached hydrogens (tertiary/aromatic N) is 3. The van der Waals surface area contributed by atoms with Crippen LogP contribution >= 0.6 is 11.3 Å². The van der Waals surface area contributed by atoms with Gasteiger partial charge in [-0.05, 0) is 13.0 Å². The van der Waals surface area contributed by atoms with Gasteiger partial charge in [0.2, 0.25) is 11.8 Å². The summed E-state index contributed by atoms with van der Waals surface area (Å²) in [4.78, 5) is 31.6. The molecule has 0 aliphatic carbocycles. The summed E-state index contributed by atoms with van der Waals surface area (Å²) in [7, 11) is 0. The van der Waals surface area contributed by atoms with E-state index in [1.807, 2.05) is 10.3 Å². The first kappa shape index (κ1) is 15.9. The number of amides is 2. The van der Waals surface area contributed by atoms with Crippen LogP contribution in [0.15, 0.2) is 5.38 Å². The molecule has 1 aliphatic rings. The topological polar surface area (TPSA) is 79.5 Å². The Bertz CT molecular complexity index is 495. The normalized spacial score (nSPS) is 15.3. The van der Waals surface area contributed by atoms with Crippen LogP contribution in [0.25, 0.3) is 0 Å². The zero-order chi connectivity index (χ0) is 15.2. The van der Waals surface area contributed by atoms with E-state index in [1.165, 1.54) is 0 Å². The molecular weight excluding hydrogens is 288 g/mol. The van der Waals surface area contributed by atoms with Crippen molar-refractivity contribution in [3.8, 4) is 0 Å². The predicted molar refractivity (Wildman–Crippen MR) is 82.0 cm³/mol. The van der Waals surface area contributed by atoms with Crippen LogP contribution in [0.3, 0.4) is 0 Å². The standard InChI is InChI=1S/C14H22N4O2S/c1-11(19)17-5-7-18(8-6-17)14(20)9-12-10-21-13(16-12)3-2-4-15/h10H,2-9,15H2,1H3. The summed E-state index contributed by atoms with van der Waals surface area (Å²) in [5.74, 6) is 0.167. The molecule has 0 radical (unpaired) electrons. The fourth-order valence-corrected chi connectivity index (χ4v) is 3.18. The van der Waals surface area contributed by atoms with Crippen LogP contribution in [0.5, 0.6) is 0 Å². The molecule has 1 fully saturated rings. The van der Waals surface area contributed by atoms with Gasteiger partial charge in [-0.1, -0.05) is 0 Å². The van der Waals surface area contributed by atoms with Crippen LogP contribution in [-0.4, -0.2) is 59.3 Å². The highest BCUT2D eigenvalue weighted by Gasteiger charge is 2.22. The van der Waals surface area contributed by atoms with E-state index in [9.17, 15) is 9.59 Å². The van der Waals surface area contributed by atoms with Crippen molar-refractivity contribution in [1.29, 1.82) is 0 Å². The molecule has 0 spiro atoms. The zero-order valence-corrected chi connectivity index (χ0v) is 13.2. The van der Waals surface area contributed by atoms with Crippen molar-refractivity contribution in [2.24, 2.45) is 5.73 Å². The number of thiazole rings is 1. The second-order valence-corrected chi connectivity index (χ2v) is 6.13. The van der Waals surface area contributed by atoms with E-state index >= 15 is 0 Å². The Balaban J connectivity index is 1.82. The van der Waals surface area contributed by atoms with Gasteiger partial charge in [-0.2, -0.15) is 0 Å². The molecule has 2 N–H and O–H groups in total. The Morgan fingerprint density at radius 1 is 1.29 bits per heavy atom. The monoisotopic (exact) mass is 310 g/mol. The van der Waals surface area contributed by atoms with E-state index in [0.29, 0.717) is 39.1 Å². The molecule has 1 aromatic heterocycles. The van der Waals surface area contributed by atoms with Crippen LogP contribution < -0.4 is 5.73 Å². The van der Waals surface area contributed by atoms with Gasteiger partial charge in [-0.3, -0.25) is 9.59 Å². The number of hydrogen-bond donors (Lipinski definition) is 1. The lowest BCUT2D eigenvalue weighted by molar-refractivity contribution is -0.138. The Hall–Kier alpha value is -1.47. The number of rotatable bonds is 5. The van der Waals surface area contributed by atoms with Gasteiger partial charge < -0.3 is 15.5 Å². The second-order valence-electron chi connectivity index (χ2n) is 5.19. The van der Waals surface area contributed by atoms with Gasteiger partial charge in [0.25, 0.3) is 0 Å². The molecule has 7 heteroatoms. The van der Waals surface area contributed by atoms with Crippen LogP contribution in [0.1, 0.15) is 24.0 Å². The molecule has 0 saturated carbocycles. The van der Waals surface area contributed by atoms with Gasteiger partial charge in [-0.25, -0.2) is 4.98 Å². The Morgan fingerprint density at radius 2 is 1.95 bits per heavy atom. The summed E-state index contributed by atoms with van der Waals surface area (Å²) in [5, 5.41) is 3.00. The number of carbonyl (C=O) groups is 2. The number of aryl methyl sites for hydroxylation is 1. The van der Waals surface area contributed by atoms with Gasteiger partial charge in [0, 0.05) is 44.9 Å². The molecule has 116 valence electrons. The Kier molecular flexibility index (Phi) is 5.69. The van der Waals surface area contributed by atoms with Crippen molar-refractivity contribution in [3.05, 3.63) is 16.1 Å². The predicted octanol–water partition coefficient (Wildman–Crippen LogP) is 0.268. The largest absolute Gasteiger partial charge is 0.339 e. The van der Waals surface area contributed by atoms with E-state index in [-0.39, 0.29) is 11.8 Å². The third kappa shape index (κ3) is 4.50. The third-order valence-electron chi connectivity index (χ3n) is 3.60. The summed E-state index contributed by atoms with van der Waals surface area (Å²) in [6.45, 7) is 4.70. The molecule has 1 saturated heterocycles. The van der Waals surface area contributed by atoms with Crippen LogP contribution in [0.4, 0.5) is 0 Å². The average Bonchev–Trinajstić information content (AvgIpc) is 2.92. The first-order valence-electron chi connectivity index (χ1n) is 7.26. The van der Waals surface area contributed by atoms with Crippen molar-refractivity contribution >= 4 is 23.2 Å². The highest BCUT2D eigenvalue weighted by molar-refractivity contribution is 7.09. The van der Waals surface area contributed by atoms with Crippen molar-refractivity contribution < 1.29 is 9.59 Å². The summed E-state index contributed by atoms with van der Waals surface area (Å²) in [6, 6.07) is 0. The van der Waals surface area contributed by atoms with Crippen LogP contribution in [0, 0.1) is 0 Å². The smallest absolute Gasteiger partial charge is 0.228 e. The fourth-order valence-electron chi connectivity index (χ4n) is 2.34. The molecule has 1 aliphatic heterocycles. The molecular formula is C14H22N4O2S. The molecule has 0 unspecified atom stereocenters. The van der Waals surface area contributed by atoms with E-state index in [1.54, 1.807) is 23.2 Å². The Morgan fingerprint density at radius 3 is 2.57 bits per heavy atom. The number of carbonyl (C=O) groups excluding carboxylic acids is 2. The maximum atomic E-state index is 12.2. The lowest BCUT2D eigenvalue weighted by atomic mass is 10.2. The summed E-state index contributed by atoms with van der Waals surface area (Å²) >= 11 is 1.59. The van der Waals surface area contributed by atoms with Crippen molar-refractivity contribution in [2.75, 3.05) is 32.7 Å². The number of aromatic nitrogens is 1. The number of nitrogens with two attached hydrogens (primary N) is 1. The Labute approximate surface area is 128 Å². The average molecular weight is 310 g/mol. The maximum absolute atomic E-state index is 12.2. The molecule has 0 bridgehead atoms. The fraction of sp³-hybridized carbons (Fsp3) is 0.643. The molecule has 6 nitrogen and oxygen atoms in total. The van der Waals surface area contributed by atoms with Gasteiger partial charge in [-0.15, -0.1) is 11.3 Å². The molecule has 2 heterocycles. The van der Waals surface area contributed by atoms with Gasteiger partial charge >= 0.3 is 0 Å². The van der Waals surface area contributed by atoms with E-state index < -0.39 is 0 Å². The quantitative estimate of drug-likeness (QED) is 0.846. The van der Waals surface area contributed by atoms with Gasteiger partial charge in [0.15, 0.2) is 0 Å². The highest BCUT2D eigenvalue weighted by atomic mass is 32.1. The molecule has 1 aromatic rings. The van der Waals surface area contributed by atoms with E-state index in [2.05, 4.69) is 4.98 Å². The zero-order valence-electron chi connectivity index (χ0n) is 12.4. The minimum absolute atomic E-state index is 0.0751. The van der Waals surface area contributed by atoms with E-state index in [4.69, 9.17) is 5.73 Å². The molecule has 0 aromatic carbocycles. The summed E-state index contributed by atoms with van der Waals surface area (Å²) in [6.07, 6.45) is 2.15. The second kappa shape index (κ2) is 7.51. The molecule has 21 heavy (non-hydrogen) atoms. The minimum atomic E-state index is 0.0751. The van der Waals surface area contributed by atoms with Crippen molar-refractivity contribution in [1.82, 2.24) is 14.8 Å².